The van der Waals surface area contributed by atoms with Crippen LogP contribution < -0.4 is 5.32 Å². The van der Waals surface area contributed by atoms with Gasteiger partial charge in [0.2, 0.25) is 11.8 Å². The van der Waals surface area contributed by atoms with Crippen molar-refractivity contribution in [3.05, 3.63) is 69.2 Å². The van der Waals surface area contributed by atoms with Gasteiger partial charge >= 0.3 is 0 Å². The fourth-order valence-corrected chi connectivity index (χ4v) is 3.47. The molecule has 162 valence electrons. The fraction of sp³-hybridized carbons (Fsp3) is 0.417. The molecule has 2 amide bonds. The van der Waals surface area contributed by atoms with Gasteiger partial charge in [-0.1, -0.05) is 67.4 Å². The number of halogens is 2. The van der Waals surface area contributed by atoms with E-state index in [-0.39, 0.29) is 11.8 Å². The normalized spacial score (nSPS) is 11.8. The highest BCUT2D eigenvalue weighted by Crippen LogP contribution is 2.24. The first-order valence-corrected chi connectivity index (χ1v) is 11.2. The highest BCUT2D eigenvalue weighted by atomic mass is 35.5. The molecule has 0 unspecified atom stereocenters. The van der Waals surface area contributed by atoms with Gasteiger partial charge in [-0.05, 0) is 55.0 Å². The van der Waals surface area contributed by atoms with Crippen molar-refractivity contribution in [2.45, 2.75) is 59.0 Å². The van der Waals surface area contributed by atoms with Crippen LogP contribution in [0, 0.1) is 0 Å². The van der Waals surface area contributed by atoms with Crippen molar-refractivity contribution in [1.82, 2.24) is 10.2 Å². The van der Waals surface area contributed by atoms with Crippen molar-refractivity contribution in [1.29, 1.82) is 0 Å². The second-order valence-electron chi connectivity index (χ2n) is 7.41. The van der Waals surface area contributed by atoms with Crippen molar-refractivity contribution >= 4 is 35.0 Å². The zero-order valence-electron chi connectivity index (χ0n) is 17.9. The molecule has 0 heterocycles. The average molecular weight is 449 g/mol. The lowest BCUT2D eigenvalue weighted by atomic mass is 10.0. The summed E-state index contributed by atoms with van der Waals surface area (Å²) >= 11 is 12.2. The Morgan fingerprint density at radius 3 is 2.20 bits per heavy atom. The molecular weight excluding hydrogens is 419 g/mol. The molecule has 0 spiro atoms. The van der Waals surface area contributed by atoms with E-state index in [0.717, 1.165) is 24.0 Å². The lowest BCUT2D eigenvalue weighted by Gasteiger charge is -2.29. The molecule has 0 aliphatic rings. The van der Waals surface area contributed by atoms with Gasteiger partial charge < -0.3 is 10.2 Å². The molecule has 2 rings (SSSR count). The number of aryl methyl sites for hydroxylation is 2. The number of carbonyl (C=O) groups is 2. The molecule has 0 fully saturated rings. The van der Waals surface area contributed by atoms with Crippen molar-refractivity contribution in [2.75, 3.05) is 6.54 Å². The first-order chi connectivity index (χ1) is 14.3. The van der Waals surface area contributed by atoms with E-state index in [4.69, 9.17) is 23.2 Å². The molecule has 2 aromatic rings. The first-order valence-electron chi connectivity index (χ1n) is 10.4. The topological polar surface area (TPSA) is 49.4 Å². The third-order valence-corrected chi connectivity index (χ3v) is 5.85. The van der Waals surface area contributed by atoms with Crippen LogP contribution in [0.1, 0.15) is 50.3 Å². The van der Waals surface area contributed by atoms with Gasteiger partial charge in [0.05, 0.1) is 10.0 Å². The van der Waals surface area contributed by atoms with Crippen LogP contribution in [-0.2, 0) is 29.0 Å². The Bertz CT molecular complexity index is 853. The van der Waals surface area contributed by atoms with E-state index in [2.05, 4.69) is 36.5 Å². The van der Waals surface area contributed by atoms with E-state index in [1.165, 1.54) is 5.56 Å². The smallest absolute Gasteiger partial charge is 0.242 e. The van der Waals surface area contributed by atoms with E-state index in [9.17, 15) is 9.59 Å². The zero-order chi connectivity index (χ0) is 22.1. The summed E-state index contributed by atoms with van der Waals surface area (Å²) in [7, 11) is 0. The number of benzene rings is 2. The van der Waals surface area contributed by atoms with Crippen LogP contribution in [0.25, 0.3) is 0 Å². The minimum Gasteiger partial charge on any atom is -0.354 e. The van der Waals surface area contributed by atoms with Crippen LogP contribution >= 0.6 is 23.2 Å². The van der Waals surface area contributed by atoms with Crippen LogP contribution in [0.5, 0.6) is 0 Å². The monoisotopic (exact) mass is 448 g/mol. The molecule has 30 heavy (non-hydrogen) atoms. The number of rotatable bonds is 10. The molecule has 6 heteroatoms. The predicted molar refractivity (Wildman–Crippen MR) is 124 cm³/mol. The number of hydrogen-bond acceptors (Lipinski definition) is 2. The van der Waals surface area contributed by atoms with E-state index in [0.29, 0.717) is 36.0 Å². The summed E-state index contributed by atoms with van der Waals surface area (Å²) in [6, 6.07) is 13.0. The van der Waals surface area contributed by atoms with Gasteiger partial charge in [-0.3, -0.25) is 9.59 Å². The minimum atomic E-state index is -0.582. The lowest BCUT2D eigenvalue weighted by molar-refractivity contribution is -0.140. The van der Waals surface area contributed by atoms with Gasteiger partial charge in [-0.2, -0.15) is 0 Å². The molecule has 0 aliphatic carbocycles. The second kappa shape index (κ2) is 12.0. The summed E-state index contributed by atoms with van der Waals surface area (Å²) in [6.07, 6.45) is 2.79. The van der Waals surface area contributed by atoms with Gasteiger partial charge in [0.25, 0.3) is 0 Å². The summed E-state index contributed by atoms with van der Waals surface area (Å²) in [6.45, 7) is 6.75. The Labute approximate surface area is 189 Å². The number of nitrogens with one attached hydrogen (secondary N) is 1. The average Bonchev–Trinajstić information content (AvgIpc) is 2.76. The summed E-state index contributed by atoms with van der Waals surface area (Å²) in [5, 5.41) is 3.77. The molecule has 2 aromatic carbocycles. The zero-order valence-corrected chi connectivity index (χ0v) is 19.4. The second-order valence-corrected chi connectivity index (χ2v) is 8.22. The quantitative estimate of drug-likeness (QED) is 0.526. The van der Waals surface area contributed by atoms with Gasteiger partial charge in [-0.15, -0.1) is 0 Å². The Hall–Kier alpha value is -2.04. The van der Waals surface area contributed by atoms with Crippen LogP contribution in [0.3, 0.4) is 0 Å². The number of nitrogens with zero attached hydrogens (tertiary/aromatic N) is 1. The Morgan fingerprint density at radius 2 is 1.60 bits per heavy atom. The van der Waals surface area contributed by atoms with E-state index in [1.807, 2.05) is 13.0 Å². The highest BCUT2D eigenvalue weighted by molar-refractivity contribution is 6.42. The van der Waals surface area contributed by atoms with E-state index < -0.39 is 6.04 Å². The summed E-state index contributed by atoms with van der Waals surface area (Å²) < 4.78 is 0. The molecule has 0 aliphatic heterocycles. The number of amides is 2. The Morgan fingerprint density at radius 1 is 0.967 bits per heavy atom. The Balaban J connectivity index is 2.14. The van der Waals surface area contributed by atoms with Gasteiger partial charge in [0.15, 0.2) is 0 Å². The van der Waals surface area contributed by atoms with Crippen molar-refractivity contribution < 1.29 is 9.59 Å². The Kier molecular flexibility index (Phi) is 9.67. The van der Waals surface area contributed by atoms with Crippen LogP contribution in [-0.4, -0.2) is 29.3 Å². The number of carbonyl (C=O) groups excluding carboxylic acids is 2. The number of hydrogen-bond donors (Lipinski definition) is 1. The van der Waals surface area contributed by atoms with Crippen molar-refractivity contribution in [2.24, 2.45) is 0 Å². The molecule has 1 N–H and O–H groups in total. The largest absolute Gasteiger partial charge is 0.354 e. The summed E-state index contributed by atoms with van der Waals surface area (Å²) in [5.41, 5.74) is 3.21. The highest BCUT2D eigenvalue weighted by Gasteiger charge is 2.25. The van der Waals surface area contributed by atoms with Crippen LogP contribution in [0.2, 0.25) is 10.0 Å². The first kappa shape index (κ1) is 24.2. The van der Waals surface area contributed by atoms with Crippen LogP contribution in [0.4, 0.5) is 0 Å². The molecular formula is C24H30Cl2N2O2. The standard InChI is InChI=1S/C24H30Cl2N2O2/c1-4-14-27-24(30)17(3)28(16-20-10-12-21(25)22(26)15-20)23(29)13-11-19-8-6-18(5-2)7-9-19/h6-10,12,15,17H,4-5,11,13-14,16H2,1-3H3,(H,27,30)/t17-/m1/s1. The molecule has 0 bridgehead atoms. The van der Waals surface area contributed by atoms with E-state index >= 15 is 0 Å². The predicted octanol–water partition coefficient (Wildman–Crippen LogP) is 5.43. The van der Waals surface area contributed by atoms with Gasteiger partial charge in [0.1, 0.15) is 6.04 Å². The van der Waals surface area contributed by atoms with Crippen molar-refractivity contribution in [3.63, 3.8) is 0 Å². The summed E-state index contributed by atoms with van der Waals surface area (Å²) in [5.74, 6) is -0.225. The molecule has 0 saturated carbocycles. The third-order valence-electron chi connectivity index (χ3n) is 5.11. The third kappa shape index (κ3) is 7.03. The lowest BCUT2D eigenvalue weighted by Crippen LogP contribution is -2.47. The van der Waals surface area contributed by atoms with Gasteiger partial charge in [-0.25, -0.2) is 0 Å². The van der Waals surface area contributed by atoms with E-state index in [1.54, 1.807) is 24.0 Å². The molecule has 4 nitrogen and oxygen atoms in total. The fourth-order valence-electron chi connectivity index (χ4n) is 3.15. The van der Waals surface area contributed by atoms with Crippen molar-refractivity contribution in [3.8, 4) is 0 Å². The van der Waals surface area contributed by atoms with Gasteiger partial charge in [0, 0.05) is 19.5 Å². The minimum absolute atomic E-state index is 0.0696. The maximum atomic E-state index is 13.1. The summed E-state index contributed by atoms with van der Waals surface area (Å²) in [4.78, 5) is 27.3. The maximum Gasteiger partial charge on any atom is 0.242 e. The maximum absolute atomic E-state index is 13.1. The molecule has 1 atom stereocenters. The molecule has 0 aromatic heterocycles. The SMILES string of the molecule is CCCNC(=O)[C@@H](C)N(Cc1ccc(Cl)c(Cl)c1)C(=O)CCc1ccc(CC)cc1. The van der Waals surface area contributed by atoms with Crippen LogP contribution in [0.15, 0.2) is 42.5 Å². The molecule has 0 saturated heterocycles. The molecule has 0 radical (unpaired) electrons.